The molecule has 15 heavy (non-hydrogen) atoms. The predicted molar refractivity (Wildman–Crippen MR) is 65.9 cm³/mol. The Hall–Kier alpha value is -0.610. The van der Waals surface area contributed by atoms with Crippen molar-refractivity contribution in [3.8, 4) is 0 Å². The molecule has 1 atom stereocenters. The van der Waals surface area contributed by atoms with Crippen LogP contribution in [-0.4, -0.2) is 21.7 Å². The van der Waals surface area contributed by atoms with Crippen LogP contribution in [0.15, 0.2) is 22.9 Å². The molecule has 0 saturated carbocycles. The van der Waals surface area contributed by atoms with E-state index in [9.17, 15) is 5.11 Å². The van der Waals surface area contributed by atoms with Crippen LogP contribution in [0.4, 0.5) is 5.69 Å². The number of hydrogen-bond donors (Lipinski definition) is 2. The maximum absolute atomic E-state index is 9.91. The molecule has 1 unspecified atom stereocenters. The number of anilines is 1. The Morgan fingerprint density at radius 2 is 2.20 bits per heavy atom. The van der Waals surface area contributed by atoms with E-state index in [2.05, 4.69) is 26.2 Å². The zero-order valence-electron chi connectivity index (χ0n) is 9.29. The van der Waals surface area contributed by atoms with Crippen molar-refractivity contribution in [1.82, 2.24) is 4.98 Å². The molecule has 4 heteroatoms. The van der Waals surface area contributed by atoms with Crippen LogP contribution in [0.25, 0.3) is 0 Å². The third-order valence-corrected chi connectivity index (χ3v) is 2.74. The number of halogens is 1. The van der Waals surface area contributed by atoms with Crippen molar-refractivity contribution in [2.75, 3.05) is 5.32 Å². The van der Waals surface area contributed by atoms with Crippen LogP contribution in [0.3, 0.4) is 0 Å². The van der Waals surface area contributed by atoms with Crippen LogP contribution in [0.5, 0.6) is 0 Å². The van der Waals surface area contributed by atoms with Gasteiger partial charge in [0, 0.05) is 10.7 Å². The summed E-state index contributed by atoms with van der Waals surface area (Å²) in [5, 5.41) is 13.2. The Balaban J connectivity index is 2.76. The Morgan fingerprint density at radius 1 is 1.53 bits per heavy atom. The third kappa shape index (κ3) is 3.80. The van der Waals surface area contributed by atoms with Crippen molar-refractivity contribution < 1.29 is 5.11 Å². The van der Waals surface area contributed by atoms with Crippen LogP contribution < -0.4 is 5.32 Å². The number of aliphatic hydroxyl groups is 1. The van der Waals surface area contributed by atoms with E-state index in [4.69, 9.17) is 0 Å². The molecule has 84 valence electrons. The van der Waals surface area contributed by atoms with Gasteiger partial charge in [-0.1, -0.05) is 6.92 Å². The minimum absolute atomic E-state index is 0.0219. The number of hydrogen-bond acceptors (Lipinski definition) is 3. The monoisotopic (exact) mass is 272 g/mol. The van der Waals surface area contributed by atoms with Gasteiger partial charge in [0.15, 0.2) is 0 Å². The van der Waals surface area contributed by atoms with Crippen LogP contribution in [0, 0.1) is 0 Å². The van der Waals surface area contributed by atoms with Crippen molar-refractivity contribution in [3.63, 3.8) is 0 Å². The molecule has 1 heterocycles. The molecule has 0 spiro atoms. The molecule has 0 aliphatic carbocycles. The summed E-state index contributed by atoms with van der Waals surface area (Å²) in [7, 11) is 0. The van der Waals surface area contributed by atoms with E-state index in [0.29, 0.717) is 0 Å². The van der Waals surface area contributed by atoms with Gasteiger partial charge < -0.3 is 10.4 Å². The fourth-order valence-corrected chi connectivity index (χ4v) is 1.84. The van der Waals surface area contributed by atoms with Crippen molar-refractivity contribution >= 4 is 21.6 Å². The van der Waals surface area contributed by atoms with Crippen LogP contribution in [-0.2, 0) is 0 Å². The van der Waals surface area contributed by atoms with Crippen LogP contribution >= 0.6 is 15.9 Å². The molecule has 0 amide bonds. The predicted octanol–water partition coefficient (Wildman–Crippen LogP) is 2.81. The van der Waals surface area contributed by atoms with Gasteiger partial charge in [0.1, 0.15) is 0 Å². The lowest BCUT2D eigenvalue weighted by Gasteiger charge is -2.30. The first-order valence-electron chi connectivity index (χ1n) is 5.03. The van der Waals surface area contributed by atoms with E-state index in [-0.39, 0.29) is 6.04 Å². The van der Waals surface area contributed by atoms with E-state index in [1.54, 1.807) is 26.2 Å². The fourth-order valence-electron chi connectivity index (χ4n) is 1.47. The van der Waals surface area contributed by atoms with Gasteiger partial charge in [0.2, 0.25) is 0 Å². The van der Waals surface area contributed by atoms with Gasteiger partial charge in [0.25, 0.3) is 0 Å². The number of rotatable bonds is 4. The average Bonchev–Trinajstić information content (AvgIpc) is 2.12. The van der Waals surface area contributed by atoms with Crippen molar-refractivity contribution in [3.05, 3.63) is 22.9 Å². The normalized spacial score (nSPS) is 13.7. The Bertz CT molecular complexity index is 323. The summed E-state index contributed by atoms with van der Waals surface area (Å²) in [6, 6.07) is 1.97. The van der Waals surface area contributed by atoms with Crippen molar-refractivity contribution in [1.29, 1.82) is 0 Å². The molecule has 3 nitrogen and oxygen atoms in total. The summed E-state index contributed by atoms with van der Waals surface area (Å²) in [6.07, 6.45) is 4.34. The molecule has 0 aliphatic heterocycles. The maximum atomic E-state index is 9.91. The lowest BCUT2D eigenvalue weighted by Crippen LogP contribution is -2.41. The van der Waals surface area contributed by atoms with Crippen LogP contribution in [0.1, 0.15) is 27.2 Å². The zero-order chi connectivity index (χ0) is 11.5. The quantitative estimate of drug-likeness (QED) is 0.886. The standard InChI is InChI=1S/C11H17BrN2O/c1-4-10(11(2,3)15)14-9-5-8(12)6-13-7-9/h5-7,10,14-15H,4H2,1-3H3. The fraction of sp³-hybridized carbons (Fsp3) is 0.545. The van der Waals surface area contributed by atoms with Crippen LogP contribution in [0.2, 0.25) is 0 Å². The lowest BCUT2D eigenvalue weighted by atomic mass is 9.96. The van der Waals surface area contributed by atoms with Gasteiger partial charge in [-0.25, -0.2) is 0 Å². The summed E-state index contributed by atoms with van der Waals surface area (Å²) in [4.78, 5) is 4.06. The molecule has 2 N–H and O–H groups in total. The van der Waals surface area contributed by atoms with E-state index >= 15 is 0 Å². The summed E-state index contributed by atoms with van der Waals surface area (Å²) in [5.74, 6) is 0. The largest absolute Gasteiger partial charge is 0.388 e. The molecule has 0 aromatic carbocycles. The van der Waals surface area contributed by atoms with Gasteiger partial charge in [-0.2, -0.15) is 0 Å². The first-order valence-corrected chi connectivity index (χ1v) is 5.82. The first-order chi connectivity index (χ1) is 6.93. The van der Waals surface area contributed by atoms with Gasteiger partial charge in [-0.3, -0.25) is 4.98 Å². The molecular formula is C11H17BrN2O. The average molecular weight is 273 g/mol. The Labute approximate surface area is 99.1 Å². The minimum Gasteiger partial charge on any atom is -0.388 e. The molecule has 0 aliphatic rings. The minimum atomic E-state index is -0.739. The Kier molecular flexibility index (Phi) is 4.11. The van der Waals surface area contributed by atoms with E-state index in [1.807, 2.05) is 13.0 Å². The molecule has 1 aromatic rings. The summed E-state index contributed by atoms with van der Waals surface area (Å²) in [5.41, 5.74) is 0.176. The van der Waals surface area contributed by atoms with Gasteiger partial charge in [0.05, 0.1) is 23.5 Å². The SMILES string of the molecule is CCC(Nc1cncc(Br)c1)C(C)(C)O. The summed E-state index contributed by atoms with van der Waals surface area (Å²) in [6.45, 7) is 5.65. The van der Waals surface area contributed by atoms with Gasteiger partial charge in [-0.05, 0) is 42.3 Å². The van der Waals surface area contributed by atoms with E-state index in [1.165, 1.54) is 0 Å². The summed E-state index contributed by atoms with van der Waals surface area (Å²) >= 11 is 3.36. The molecule has 0 saturated heterocycles. The number of pyridine rings is 1. The molecule has 1 aromatic heterocycles. The topological polar surface area (TPSA) is 45.2 Å². The number of nitrogens with one attached hydrogen (secondary N) is 1. The molecule has 0 fully saturated rings. The zero-order valence-corrected chi connectivity index (χ0v) is 10.9. The van der Waals surface area contributed by atoms with E-state index < -0.39 is 5.60 Å². The second kappa shape index (κ2) is 4.94. The maximum Gasteiger partial charge on any atom is 0.0791 e. The molecule has 1 rings (SSSR count). The van der Waals surface area contributed by atoms with Gasteiger partial charge in [-0.15, -0.1) is 0 Å². The van der Waals surface area contributed by atoms with E-state index in [0.717, 1.165) is 16.6 Å². The summed E-state index contributed by atoms with van der Waals surface area (Å²) < 4.78 is 0.929. The highest BCUT2D eigenvalue weighted by atomic mass is 79.9. The highest BCUT2D eigenvalue weighted by Gasteiger charge is 2.24. The second-order valence-electron chi connectivity index (χ2n) is 4.15. The second-order valence-corrected chi connectivity index (χ2v) is 5.07. The molecule has 0 bridgehead atoms. The number of nitrogens with zero attached hydrogens (tertiary/aromatic N) is 1. The molecular weight excluding hydrogens is 256 g/mol. The highest BCUT2D eigenvalue weighted by Crippen LogP contribution is 2.20. The molecule has 0 radical (unpaired) electrons. The van der Waals surface area contributed by atoms with Crippen molar-refractivity contribution in [2.45, 2.75) is 38.8 Å². The smallest absolute Gasteiger partial charge is 0.0791 e. The van der Waals surface area contributed by atoms with Crippen molar-refractivity contribution in [2.24, 2.45) is 0 Å². The number of aromatic nitrogens is 1. The van der Waals surface area contributed by atoms with Gasteiger partial charge >= 0.3 is 0 Å². The Morgan fingerprint density at radius 3 is 2.67 bits per heavy atom. The first kappa shape index (κ1) is 12.5. The lowest BCUT2D eigenvalue weighted by molar-refractivity contribution is 0.0579. The third-order valence-electron chi connectivity index (χ3n) is 2.31. The highest BCUT2D eigenvalue weighted by molar-refractivity contribution is 9.10.